The first-order chi connectivity index (χ1) is 10.3. The molecule has 0 radical (unpaired) electrons. The molecule has 0 bridgehead atoms. The Bertz CT molecular complexity index is 646. The Morgan fingerprint density at radius 2 is 2.14 bits per heavy atom. The highest BCUT2D eigenvalue weighted by atomic mass is 35.5. The van der Waals surface area contributed by atoms with Crippen molar-refractivity contribution in [3.05, 3.63) is 46.8 Å². The minimum atomic E-state index is 0.540. The molecule has 1 N–H and O–H groups in total. The Labute approximate surface area is 133 Å². The summed E-state index contributed by atoms with van der Waals surface area (Å²) in [5, 5.41) is 7.87. The molecule has 0 saturated heterocycles. The van der Waals surface area contributed by atoms with E-state index < -0.39 is 0 Å². The van der Waals surface area contributed by atoms with Gasteiger partial charge in [-0.2, -0.15) is 5.10 Å². The molecule has 0 fully saturated rings. The normalized spacial score (nSPS) is 18.2. The van der Waals surface area contributed by atoms with Gasteiger partial charge >= 0.3 is 0 Å². The molecule has 3 nitrogen and oxygen atoms in total. The second kappa shape index (κ2) is 6.87. The second-order valence-corrected chi connectivity index (χ2v) is 6.27. The molecule has 0 saturated carbocycles. The number of hydrazone groups is 1. The quantitative estimate of drug-likeness (QED) is 0.477. The first-order valence-corrected chi connectivity index (χ1v) is 8.23. The van der Waals surface area contributed by atoms with Crippen molar-refractivity contribution in [1.29, 1.82) is 0 Å². The maximum atomic E-state index is 5.89. The van der Waals surface area contributed by atoms with Gasteiger partial charge in [-0.25, -0.2) is 4.98 Å². The molecule has 1 heterocycles. The number of rotatable bonds is 4. The third-order valence-electron chi connectivity index (χ3n) is 3.40. The van der Waals surface area contributed by atoms with Crippen LogP contribution in [0.25, 0.3) is 11.3 Å². The van der Waals surface area contributed by atoms with Crippen LogP contribution in [0.5, 0.6) is 0 Å². The van der Waals surface area contributed by atoms with E-state index in [4.69, 9.17) is 11.6 Å². The Morgan fingerprint density at radius 3 is 2.90 bits per heavy atom. The van der Waals surface area contributed by atoms with E-state index in [-0.39, 0.29) is 0 Å². The van der Waals surface area contributed by atoms with Crippen LogP contribution in [0, 0.1) is 5.92 Å². The molecule has 1 aromatic carbocycles. The van der Waals surface area contributed by atoms with Gasteiger partial charge < -0.3 is 0 Å². The van der Waals surface area contributed by atoms with E-state index in [1.165, 1.54) is 6.42 Å². The van der Waals surface area contributed by atoms with Crippen molar-refractivity contribution in [2.45, 2.75) is 19.3 Å². The lowest BCUT2D eigenvalue weighted by Crippen LogP contribution is -2.04. The van der Waals surface area contributed by atoms with Crippen LogP contribution in [-0.2, 0) is 0 Å². The summed E-state index contributed by atoms with van der Waals surface area (Å²) in [7, 11) is 0. The van der Waals surface area contributed by atoms with Gasteiger partial charge in [0.25, 0.3) is 0 Å². The number of nitrogens with one attached hydrogen (secondary N) is 1. The maximum Gasteiger partial charge on any atom is 0.203 e. The molecule has 1 atom stereocenters. The average Bonchev–Trinajstić information content (AvgIpc) is 2.98. The predicted octanol–water partition coefficient (Wildman–Crippen LogP) is 5.22. The standard InChI is InChI=1S/C16H16ClN3S/c17-14-8-6-13(7-9-14)15-11-21-16(19-15)20-18-10-12-4-2-1-3-5-12/h1-2,6-12H,3-5H2,(H,19,20)/b18-10-/t12-/m1/s1. The molecule has 2 aromatic rings. The van der Waals surface area contributed by atoms with Gasteiger partial charge in [-0.15, -0.1) is 11.3 Å². The van der Waals surface area contributed by atoms with Crippen molar-refractivity contribution >= 4 is 34.3 Å². The van der Waals surface area contributed by atoms with E-state index in [0.717, 1.165) is 34.3 Å². The van der Waals surface area contributed by atoms with E-state index in [2.05, 4.69) is 27.7 Å². The van der Waals surface area contributed by atoms with E-state index >= 15 is 0 Å². The number of thiazole rings is 1. The summed E-state index contributed by atoms with van der Waals surface area (Å²) in [6.45, 7) is 0. The highest BCUT2D eigenvalue weighted by Gasteiger charge is 2.07. The Hall–Kier alpha value is -1.65. The summed E-state index contributed by atoms with van der Waals surface area (Å²) in [6, 6.07) is 7.69. The van der Waals surface area contributed by atoms with Crippen LogP contribution in [0.1, 0.15) is 19.3 Å². The first-order valence-electron chi connectivity index (χ1n) is 6.97. The lowest BCUT2D eigenvalue weighted by molar-refractivity contribution is 0.627. The summed E-state index contributed by atoms with van der Waals surface area (Å²) in [5.74, 6) is 0.540. The molecule has 0 amide bonds. The largest absolute Gasteiger partial charge is 0.253 e. The summed E-state index contributed by atoms with van der Waals surface area (Å²) in [5.41, 5.74) is 5.02. The second-order valence-electron chi connectivity index (χ2n) is 4.98. The third-order valence-corrected chi connectivity index (χ3v) is 4.40. The summed E-state index contributed by atoms with van der Waals surface area (Å²) in [6.07, 6.45) is 9.86. The lowest BCUT2D eigenvalue weighted by Gasteiger charge is -2.11. The fourth-order valence-electron chi connectivity index (χ4n) is 2.23. The van der Waals surface area contributed by atoms with Gasteiger partial charge in [-0.3, -0.25) is 5.43 Å². The number of allylic oxidation sites excluding steroid dienone is 2. The molecule has 1 aromatic heterocycles. The molecule has 108 valence electrons. The zero-order valence-corrected chi connectivity index (χ0v) is 13.1. The van der Waals surface area contributed by atoms with Gasteiger partial charge in [0.05, 0.1) is 5.69 Å². The van der Waals surface area contributed by atoms with Gasteiger partial charge in [-0.05, 0) is 37.3 Å². The number of aromatic nitrogens is 1. The molecular formula is C16H16ClN3S. The van der Waals surface area contributed by atoms with Crippen LogP contribution >= 0.6 is 22.9 Å². The SMILES string of the molecule is Clc1ccc(-c2csc(N/N=C\[C@@H]3CC=CCC3)n2)cc1. The predicted molar refractivity (Wildman–Crippen MR) is 91.2 cm³/mol. The highest BCUT2D eigenvalue weighted by Crippen LogP contribution is 2.26. The minimum absolute atomic E-state index is 0.540. The van der Waals surface area contributed by atoms with Crippen molar-refractivity contribution in [2.24, 2.45) is 11.0 Å². The average molecular weight is 318 g/mol. The van der Waals surface area contributed by atoms with E-state index in [1.54, 1.807) is 11.3 Å². The smallest absolute Gasteiger partial charge is 0.203 e. The topological polar surface area (TPSA) is 37.3 Å². The first kappa shape index (κ1) is 14.3. The molecule has 3 rings (SSSR count). The van der Waals surface area contributed by atoms with Crippen molar-refractivity contribution < 1.29 is 0 Å². The zero-order chi connectivity index (χ0) is 14.5. The number of halogens is 1. The Kier molecular flexibility index (Phi) is 4.68. The highest BCUT2D eigenvalue weighted by molar-refractivity contribution is 7.14. The summed E-state index contributed by atoms with van der Waals surface area (Å²) < 4.78 is 0. The van der Waals surface area contributed by atoms with Gasteiger partial charge in [0.1, 0.15) is 0 Å². The number of hydrogen-bond donors (Lipinski definition) is 1. The number of hydrogen-bond acceptors (Lipinski definition) is 4. The molecule has 5 heteroatoms. The third kappa shape index (κ3) is 3.93. The zero-order valence-electron chi connectivity index (χ0n) is 11.5. The van der Waals surface area contributed by atoms with Crippen LogP contribution < -0.4 is 5.43 Å². The van der Waals surface area contributed by atoms with Crippen LogP contribution in [0.15, 0.2) is 46.9 Å². The van der Waals surface area contributed by atoms with Crippen molar-refractivity contribution in [3.8, 4) is 11.3 Å². The monoisotopic (exact) mass is 317 g/mol. The van der Waals surface area contributed by atoms with Crippen molar-refractivity contribution in [2.75, 3.05) is 5.43 Å². The van der Waals surface area contributed by atoms with Crippen LogP contribution in [0.2, 0.25) is 5.02 Å². The molecule has 1 aliphatic carbocycles. The van der Waals surface area contributed by atoms with Gasteiger partial charge in [0.2, 0.25) is 5.13 Å². The Morgan fingerprint density at radius 1 is 1.29 bits per heavy atom. The van der Waals surface area contributed by atoms with Crippen molar-refractivity contribution in [3.63, 3.8) is 0 Å². The number of anilines is 1. The molecule has 0 aliphatic heterocycles. The molecule has 1 aliphatic rings. The molecule has 21 heavy (non-hydrogen) atoms. The van der Waals surface area contributed by atoms with Crippen LogP contribution in [0.3, 0.4) is 0 Å². The van der Waals surface area contributed by atoms with E-state index in [1.807, 2.05) is 35.9 Å². The number of nitrogens with zero attached hydrogens (tertiary/aromatic N) is 2. The fraction of sp³-hybridized carbons (Fsp3) is 0.250. The van der Waals surface area contributed by atoms with E-state index in [9.17, 15) is 0 Å². The van der Waals surface area contributed by atoms with Gasteiger partial charge in [-0.1, -0.05) is 35.9 Å². The molecule has 0 spiro atoms. The lowest BCUT2D eigenvalue weighted by atomic mass is 9.96. The van der Waals surface area contributed by atoms with Crippen LogP contribution in [-0.4, -0.2) is 11.2 Å². The maximum absolute atomic E-state index is 5.89. The molecule has 0 unspecified atom stereocenters. The number of benzene rings is 1. The molecular weight excluding hydrogens is 302 g/mol. The van der Waals surface area contributed by atoms with Crippen LogP contribution in [0.4, 0.5) is 5.13 Å². The summed E-state index contributed by atoms with van der Waals surface area (Å²) in [4.78, 5) is 4.53. The minimum Gasteiger partial charge on any atom is -0.253 e. The Balaban J connectivity index is 1.61. The van der Waals surface area contributed by atoms with E-state index in [0.29, 0.717) is 5.92 Å². The van der Waals surface area contributed by atoms with Gasteiger partial charge in [0, 0.05) is 22.2 Å². The summed E-state index contributed by atoms with van der Waals surface area (Å²) >= 11 is 7.44. The fourth-order valence-corrected chi connectivity index (χ4v) is 3.02. The van der Waals surface area contributed by atoms with Crippen molar-refractivity contribution in [1.82, 2.24) is 4.98 Å². The van der Waals surface area contributed by atoms with Gasteiger partial charge in [0.15, 0.2) is 0 Å².